The van der Waals surface area contributed by atoms with Crippen LogP contribution in [-0.2, 0) is 11.2 Å². The molecule has 2 heterocycles. The number of nitrogens with one attached hydrogen (secondary N) is 2. The summed E-state index contributed by atoms with van der Waals surface area (Å²) in [6, 6.07) is 3.91. The van der Waals surface area contributed by atoms with Gasteiger partial charge in [0.2, 0.25) is 5.91 Å². The maximum atomic E-state index is 11.7. The molecule has 1 aromatic rings. The van der Waals surface area contributed by atoms with Gasteiger partial charge in [-0.05, 0) is 50.9 Å². The van der Waals surface area contributed by atoms with Crippen molar-refractivity contribution in [1.82, 2.24) is 10.6 Å². The van der Waals surface area contributed by atoms with Crippen LogP contribution in [0.2, 0.25) is 0 Å². The second kappa shape index (κ2) is 6.59. The van der Waals surface area contributed by atoms with Crippen molar-refractivity contribution in [3.63, 3.8) is 0 Å². The molecule has 2 rings (SSSR count). The topological polar surface area (TPSA) is 54.3 Å². The van der Waals surface area contributed by atoms with Crippen LogP contribution < -0.4 is 10.6 Å². The molecular formula is C14H22N2O2. The molecule has 100 valence electrons. The molecule has 0 aromatic carbocycles. The van der Waals surface area contributed by atoms with Gasteiger partial charge in [-0.15, -0.1) is 0 Å². The molecule has 1 aliphatic rings. The van der Waals surface area contributed by atoms with E-state index in [0.29, 0.717) is 18.9 Å². The predicted octanol–water partition coefficient (Wildman–Crippen LogP) is 1.64. The molecule has 1 fully saturated rings. The highest BCUT2D eigenvalue weighted by Gasteiger charge is 2.16. The van der Waals surface area contributed by atoms with E-state index in [2.05, 4.69) is 10.6 Å². The second-order valence-corrected chi connectivity index (χ2v) is 5.03. The zero-order valence-corrected chi connectivity index (χ0v) is 11.0. The minimum atomic E-state index is 0.159. The van der Waals surface area contributed by atoms with Gasteiger partial charge in [-0.25, -0.2) is 0 Å². The van der Waals surface area contributed by atoms with E-state index in [-0.39, 0.29) is 5.91 Å². The smallest absolute Gasteiger partial charge is 0.220 e. The first-order chi connectivity index (χ1) is 8.74. The van der Waals surface area contributed by atoms with E-state index < -0.39 is 0 Å². The standard InChI is InChI=1S/C14H22N2O2/c1-11-4-5-13(18-11)6-8-16-14(17)9-12-3-2-7-15-10-12/h4-5,12,15H,2-3,6-10H2,1H3,(H,16,17). The van der Waals surface area contributed by atoms with Crippen molar-refractivity contribution in [2.24, 2.45) is 5.92 Å². The number of furan rings is 1. The fraction of sp³-hybridized carbons (Fsp3) is 0.643. The minimum absolute atomic E-state index is 0.159. The summed E-state index contributed by atoms with van der Waals surface area (Å²) >= 11 is 0. The number of hydrogen-bond acceptors (Lipinski definition) is 3. The monoisotopic (exact) mass is 250 g/mol. The Morgan fingerprint density at radius 1 is 1.56 bits per heavy atom. The maximum absolute atomic E-state index is 11.7. The van der Waals surface area contributed by atoms with Crippen molar-refractivity contribution in [1.29, 1.82) is 0 Å². The first kappa shape index (κ1) is 13.1. The molecule has 0 saturated carbocycles. The lowest BCUT2D eigenvalue weighted by Crippen LogP contribution is -2.34. The first-order valence-electron chi connectivity index (χ1n) is 6.77. The number of carbonyl (C=O) groups excluding carboxylic acids is 1. The highest BCUT2D eigenvalue weighted by Crippen LogP contribution is 2.13. The average Bonchev–Trinajstić information content (AvgIpc) is 2.76. The van der Waals surface area contributed by atoms with Gasteiger partial charge >= 0.3 is 0 Å². The Labute approximate surface area is 108 Å². The van der Waals surface area contributed by atoms with E-state index in [9.17, 15) is 4.79 Å². The molecule has 1 aliphatic heterocycles. The normalized spacial score (nSPS) is 19.7. The van der Waals surface area contributed by atoms with Crippen molar-refractivity contribution in [3.8, 4) is 0 Å². The van der Waals surface area contributed by atoms with Crippen LogP contribution in [0.1, 0.15) is 30.8 Å². The third kappa shape index (κ3) is 4.18. The third-order valence-electron chi connectivity index (χ3n) is 3.36. The van der Waals surface area contributed by atoms with Gasteiger partial charge in [-0.1, -0.05) is 0 Å². The Hall–Kier alpha value is -1.29. The van der Waals surface area contributed by atoms with Crippen LogP contribution in [0.3, 0.4) is 0 Å². The van der Waals surface area contributed by atoms with E-state index >= 15 is 0 Å². The van der Waals surface area contributed by atoms with Gasteiger partial charge in [0.1, 0.15) is 11.5 Å². The first-order valence-corrected chi connectivity index (χ1v) is 6.77. The average molecular weight is 250 g/mol. The number of aryl methyl sites for hydroxylation is 1. The SMILES string of the molecule is Cc1ccc(CCNC(=O)CC2CCCNC2)o1. The van der Waals surface area contributed by atoms with Crippen molar-refractivity contribution < 1.29 is 9.21 Å². The fourth-order valence-corrected chi connectivity index (χ4v) is 2.38. The minimum Gasteiger partial charge on any atom is -0.466 e. The summed E-state index contributed by atoms with van der Waals surface area (Å²) in [5.74, 6) is 2.52. The highest BCUT2D eigenvalue weighted by molar-refractivity contribution is 5.76. The summed E-state index contributed by atoms with van der Waals surface area (Å²) < 4.78 is 5.45. The predicted molar refractivity (Wildman–Crippen MR) is 70.4 cm³/mol. The number of rotatable bonds is 5. The molecule has 1 amide bonds. The number of carbonyl (C=O) groups is 1. The summed E-state index contributed by atoms with van der Waals surface area (Å²) in [4.78, 5) is 11.7. The molecule has 1 unspecified atom stereocenters. The Bertz CT molecular complexity index is 381. The molecule has 1 aromatic heterocycles. The molecule has 0 radical (unpaired) electrons. The Kier molecular flexibility index (Phi) is 4.81. The molecule has 1 saturated heterocycles. The van der Waals surface area contributed by atoms with Gasteiger partial charge in [0.15, 0.2) is 0 Å². The molecule has 2 N–H and O–H groups in total. The van der Waals surface area contributed by atoms with Crippen LogP contribution in [0, 0.1) is 12.8 Å². The van der Waals surface area contributed by atoms with Gasteiger partial charge in [0.05, 0.1) is 0 Å². The number of hydrogen-bond donors (Lipinski definition) is 2. The summed E-state index contributed by atoms with van der Waals surface area (Å²) in [7, 11) is 0. The van der Waals surface area contributed by atoms with Crippen LogP contribution in [0.5, 0.6) is 0 Å². The summed E-state index contributed by atoms with van der Waals surface area (Å²) in [6.45, 7) is 4.66. The molecule has 0 aliphatic carbocycles. The Morgan fingerprint density at radius 3 is 3.11 bits per heavy atom. The summed E-state index contributed by atoms with van der Waals surface area (Å²) in [5.41, 5.74) is 0. The zero-order chi connectivity index (χ0) is 12.8. The van der Waals surface area contributed by atoms with Crippen molar-refractivity contribution in [2.75, 3.05) is 19.6 Å². The van der Waals surface area contributed by atoms with E-state index in [1.54, 1.807) is 0 Å². The molecule has 1 atom stereocenters. The molecule has 0 spiro atoms. The van der Waals surface area contributed by atoms with Crippen LogP contribution in [0.15, 0.2) is 16.5 Å². The molecule has 18 heavy (non-hydrogen) atoms. The lowest BCUT2D eigenvalue weighted by atomic mass is 9.96. The van der Waals surface area contributed by atoms with Crippen LogP contribution in [-0.4, -0.2) is 25.5 Å². The second-order valence-electron chi connectivity index (χ2n) is 5.03. The van der Waals surface area contributed by atoms with Crippen LogP contribution in [0.25, 0.3) is 0 Å². The molecular weight excluding hydrogens is 228 g/mol. The maximum Gasteiger partial charge on any atom is 0.220 e. The van der Waals surface area contributed by atoms with E-state index in [4.69, 9.17) is 4.42 Å². The third-order valence-corrected chi connectivity index (χ3v) is 3.36. The lowest BCUT2D eigenvalue weighted by molar-refractivity contribution is -0.122. The number of amides is 1. The quantitative estimate of drug-likeness (QED) is 0.835. The lowest BCUT2D eigenvalue weighted by Gasteiger charge is -2.21. The molecule has 4 nitrogen and oxygen atoms in total. The van der Waals surface area contributed by atoms with Gasteiger partial charge in [-0.2, -0.15) is 0 Å². The van der Waals surface area contributed by atoms with Crippen LogP contribution >= 0.6 is 0 Å². The molecule has 0 bridgehead atoms. The van der Waals surface area contributed by atoms with Crippen molar-refractivity contribution >= 4 is 5.91 Å². The highest BCUT2D eigenvalue weighted by atomic mass is 16.3. The van der Waals surface area contributed by atoms with Gasteiger partial charge < -0.3 is 15.1 Å². The van der Waals surface area contributed by atoms with Crippen molar-refractivity contribution in [2.45, 2.75) is 32.6 Å². The number of piperidine rings is 1. The van der Waals surface area contributed by atoms with Gasteiger partial charge in [0.25, 0.3) is 0 Å². The molecule has 4 heteroatoms. The van der Waals surface area contributed by atoms with E-state index in [1.165, 1.54) is 6.42 Å². The Balaban J connectivity index is 1.62. The fourth-order valence-electron chi connectivity index (χ4n) is 2.38. The zero-order valence-electron chi connectivity index (χ0n) is 11.0. The largest absolute Gasteiger partial charge is 0.466 e. The van der Waals surface area contributed by atoms with E-state index in [0.717, 1.165) is 37.5 Å². The van der Waals surface area contributed by atoms with Gasteiger partial charge in [0, 0.05) is 19.4 Å². The Morgan fingerprint density at radius 2 is 2.44 bits per heavy atom. The van der Waals surface area contributed by atoms with Crippen LogP contribution in [0.4, 0.5) is 0 Å². The summed E-state index contributed by atoms with van der Waals surface area (Å²) in [6.07, 6.45) is 3.76. The summed E-state index contributed by atoms with van der Waals surface area (Å²) in [5, 5.41) is 6.29. The van der Waals surface area contributed by atoms with E-state index in [1.807, 2.05) is 19.1 Å². The van der Waals surface area contributed by atoms with Crippen molar-refractivity contribution in [3.05, 3.63) is 23.7 Å². The van der Waals surface area contributed by atoms with Gasteiger partial charge in [-0.3, -0.25) is 4.79 Å².